The fourth-order valence-corrected chi connectivity index (χ4v) is 2.70. The average Bonchev–Trinajstić information content (AvgIpc) is 2.55. The Hall–Kier alpha value is -1.75. The van der Waals surface area contributed by atoms with Gasteiger partial charge in [0.1, 0.15) is 5.75 Å². The zero-order valence-corrected chi connectivity index (χ0v) is 14.7. The van der Waals surface area contributed by atoms with Crippen molar-refractivity contribution >= 4 is 6.03 Å². The van der Waals surface area contributed by atoms with Crippen LogP contribution in [0.4, 0.5) is 4.79 Å². The van der Waals surface area contributed by atoms with Crippen molar-refractivity contribution in [3.8, 4) is 5.75 Å². The lowest BCUT2D eigenvalue weighted by molar-refractivity contribution is 0.123. The molecule has 2 rings (SSSR count). The van der Waals surface area contributed by atoms with Crippen molar-refractivity contribution in [1.82, 2.24) is 15.1 Å². The first-order valence-corrected chi connectivity index (χ1v) is 8.54. The van der Waals surface area contributed by atoms with Crippen LogP contribution in [-0.4, -0.2) is 54.8 Å². The molecule has 0 bridgehead atoms. The van der Waals surface area contributed by atoms with Gasteiger partial charge in [-0.25, -0.2) is 4.79 Å². The Morgan fingerprint density at radius 1 is 1.13 bits per heavy atom. The van der Waals surface area contributed by atoms with Crippen LogP contribution in [0.3, 0.4) is 0 Å². The Kier molecular flexibility index (Phi) is 6.28. The number of carbonyl (C=O) groups excluding carboxylic acids is 1. The summed E-state index contributed by atoms with van der Waals surface area (Å²) < 4.78 is 5.78. The molecular weight excluding hydrogens is 290 g/mol. The van der Waals surface area contributed by atoms with Crippen molar-refractivity contribution in [2.75, 3.05) is 32.7 Å². The van der Waals surface area contributed by atoms with E-state index < -0.39 is 0 Å². The van der Waals surface area contributed by atoms with E-state index in [1.807, 2.05) is 24.0 Å². The van der Waals surface area contributed by atoms with E-state index in [0.29, 0.717) is 5.92 Å². The summed E-state index contributed by atoms with van der Waals surface area (Å²) >= 11 is 0. The number of ether oxygens (including phenoxy) is 1. The van der Waals surface area contributed by atoms with Gasteiger partial charge in [0.25, 0.3) is 0 Å². The predicted octanol–water partition coefficient (Wildman–Crippen LogP) is 2.88. The molecule has 128 valence electrons. The molecule has 0 aromatic heterocycles. The zero-order chi connectivity index (χ0) is 16.8. The molecular formula is C18H29N3O2. The monoisotopic (exact) mass is 319 g/mol. The van der Waals surface area contributed by atoms with Gasteiger partial charge in [0.05, 0.1) is 0 Å². The maximum atomic E-state index is 12.3. The van der Waals surface area contributed by atoms with Crippen molar-refractivity contribution in [2.45, 2.75) is 39.8 Å². The van der Waals surface area contributed by atoms with E-state index in [1.54, 1.807) is 0 Å². The largest absolute Gasteiger partial charge is 0.471 e. The predicted molar refractivity (Wildman–Crippen MR) is 92.8 cm³/mol. The highest BCUT2D eigenvalue weighted by Crippen LogP contribution is 2.19. The second kappa shape index (κ2) is 8.20. The Morgan fingerprint density at radius 3 is 2.26 bits per heavy atom. The number of piperazine rings is 1. The molecule has 1 aromatic carbocycles. The van der Waals surface area contributed by atoms with Crippen LogP contribution in [0.2, 0.25) is 0 Å². The van der Waals surface area contributed by atoms with Crippen LogP contribution in [0.15, 0.2) is 24.3 Å². The van der Waals surface area contributed by atoms with Gasteiger partial charge in [0.2, 0.25) is 0 Å². The fraction of sp³-hybridized carbons (Fsp3) is 0.611. The van der Waals surface area contributed by atoms with Crippen LogP contribution >= 0.6 is 0 Å². The normalized spacial score (nSPS) is 17.2. The number of nitrogens with one attached hydrogen (secondary N) is 1. The second-order valence-electron chi connectivity index (χ2n) is 6.35. The second-order valence-corrected chi connectivity index (χ2v) is 6.35. The van der Waals surface area contributed by atoms with Gasteiger partial charge >= 0.3 is 6.03 Å². The first-order chi connectivity index (χ1) is 11.0. The molecule has 1 aliphatic heterocycles. The highest BCUT2D eigenvalue weighted by molar-refractivity contribution is 5.74. The van der Waals surface area contributed by atoms with Crippen LogP contribution in [0.5, 0.6) is 5.75 Å². The lowest BCUT2D eigenvalue weighted by Crippen LogP contribution is -2.53. The summed E-state index contributed by atoms with van der Waals surface area (Å²) in [6, 6.07) is 8.00. The number of hydrogen-bond acceptors (Lipinski definition) is 3. The van der Waals surface area contributed by atoms with Crippen molar-refractivity contribution in [3.05, 3.63) is 29.8 Å². The van der Waals surface area contributed by atoms with E-state index in [1.165, 1.54) is 5.56 Å². The van der Waals surface area contributed by atoms with E-state index in [2.05, 4.69) is 43.1 Å². The third-order valence-electron chi connectivity index (χ3n) is 4.29. The molecule has 2 amide bonds. The van der Waals surface area contributed by atoms with Crippen LogP contribution in [0.1, 0.15) is 39.2 Å². The maximum Gasteiger partial charge on any atom is 0.320 e. The van der Waals surface area contributed by atoms with Crippen molar-refractivity contribution in [1.29, 1.82) is 0 Å². The number of rotatable bonds is 5. The van der Waals surface area contributed by atoms with Gasteiger partial charge < -0.3 is 19.9 Å². The minimum absolute atomic E-state index is 0.0490. The van der Waals surface area contributed by atoms with Crippen LogP contribution in [-0.2, 0) is 0 Å². The Labute approximate surface area is 139 Å². The summed E-state index contributed by atoms with van der Waals surface area (Å²) in [4.78, 5) is 16.5. The van der Waals surface area contributed by atoms with Gasteiger partial charge in [-0.05, 0) is 37.1 Å². The summed E-state index contributed by atoms with van der Waals surface area (Å²) in [5, 5.41) is 2.91. The molecule has 1 heterocycles. The van der Waals surface area contributed by atoms with E-state index in [4.69, 9.17) is 4.74 Å². The maximum absolute atomic E-state index is 12.3. The zero-order valence-electron chi connectivity index (χ0n) is 14.7. The molecule has 1 N–H and O–H groups in total. The van der Waals surface area contributed by atoms with Gasteiger partial charge in [0, 0.05) is 26.2 Å². The highest BCUT2D eigenvalue weighted by atomic mass is 16.5. The highest BCUT2D eigenvalue weighted by Gasteiger charge is 2.21. The molecule has 1 fully saturated rings. The van der Waals surface area contributed by atoms with E-state index >= 15 is 0 Å². The summed E-state index contributed by atoms with van der Waals surface area (Å²) in [7, 11) is 0. The molecule has 0 aliphatic carbocycles. The van der Waals surface area contributed by atoms with Crippen LogP contribution in [0, 0.1) is 0 Å². The molecule has 1 aromatic rings. The molecule has 5 nitrogen and oxygen atoms in total. The lowest BCUT2D eigenvalue weighted by atomic mass is 10.0. The molecule has 5 heteroatoms. The topological polar surface area (TPSA) is 44.8 Å². The van der Waals surface area contributed by atoms with Crippen LogP contribution in [0.25, 0.3) is 0 Å². The van der Waals surface area contributed by atoms with Gasteiger partial charge in [-0.15, -0.1) is 0 Å². The Morgan fingerprint density at radius 2 is 1.74 bits per heavy atom. The van der Waals surface area contributed by atoms with E-state index in [-0.39, 0.29) is 12.3 Å². The SMILES string of the molecule is CCN1CCN(C(=O)NC(C)Oc2ccc(C(C)C)cc2)CC1. The van der Waals surface area contributed by atoms with Crippen molar-refractivity contribution in [2.24, 2.45) is 0 Å². The van der Waals surface area contributed by atoms with Gasteiger partial charge in [-0.1, -0.05) is 32.9 Å². The first-order valence-electron chi connectivity index (χ1n) is 8.54. The first kappa shape index (κ1) is 17.6. The number of amides is 2. The fourth-order valence-electron chi connectivity index (χ4n) is 2.70. The van der Waals surface area contributed by atoms with Gasteiger partial charge in [0.15, 0.2) is 6.23 Å². The molecule has 1 unspecified atom stereocenters. The Balaban J connectivity index is 1.80. The molecule has 0 spiro atoms. The summed E-state index contributed by atoms with van der Waals surface area (Å²) in [5.41, 5.74) is 1.28. The molecule has 0 saturated carbocycles. The van der Waals surface area contributed by atoms with E-state index in [9.17, 15) is 4.79 Å². The minimum Gasteiger partial charge on any atom is -0.471 e. The number of hydrogen-bond donors (Lipinski definition) is 1. The smallest absolute Gasteiger partial charge is 0.320 e. The molecule has 23 heavy (non-hydrogen) atoms. The van der Waals surface area contributed by atoms with Crippen molar-refractivity contribution in [3.63, 3.8) is 0 Å². The number of benzene rings is 1. The molecule has 1 aliphatic rings. The van der Waals surface area contributed by atoms with Crippen molar-refractivity contribution < 1.29 is 9.53 Å². The minimum atomic E-state index is -0.350. The third-order valence-corrected chi connectivity index (χ3v) is 4.29. The Bertz CT molecular complexity index is 493. The lowest BCUT2D eigenvalue weighted by Gasteiger charge is -2.34. The van der Waals surface area contributed by atoms with Gasteiger partial charge in [-0.2, -0.15) is 0 Å². The summed E-state index contributed by atoms with van der Waals surface area (Å²) in [6.07, 6.45) is -0.350. The standard InChI is InChI=1S/C18H29N3O2/c1-5-20-10-12-21(13-11-20)18(22)19-15(4)23-17-8-6-16(7-9-17)14(2)3/h6-9,14-15H,5,10-13H2,1-4H3,(H,19,22). The summed E-state index contributed by atoms with van der Waals surface area (Å²) in [6.45, 7) is 12.8. The van der Waals surface area contributed by atoms with E-state index in [0.717, 1.165) is 38.5 Å². The van der Waals surface area contributed by atoms with Gasteiger partial charge in [-0.3, -0.25) is 0 Å². The van der Waals surface area contributed by atoms with Crippen LogP contribution < -0.4 is 10.1 Å². The molecule has 1 atom stereocenters. The number of nitrogens with zero attached hydrogens (tertiary/aromatic N) is 2. The number of urea groups is 1. The summed E-state index contributed by atoms with van der Waals surface area (Å²) in [5.74, 6) is 1.28. The number of carbonyl (C=O) groups is 1. The molecule has 1 saturated heterocycles. The molecule has 0 radical (unpaired) electrons. The average molecular weight is 319 g/mol. The third kappa shape index (κ3) is 5.13. The number of likely N-dealkylation sites (N-methyl/N-ethyl adjacent to an activating group) is 1. The quantitative estimate of drug-likeness (QED) is 0.849.